The summed E-state index contributed by atoms with van der Waals surface area (Å²) < 4.78 is 9.57. The summed E-state index contributed by atoms with van der Waals surface area (Å²) in [6.45, 7) is 5.19. The zero-order chi connectivity index (χ0) is 20.2. The summed E-state index contributed by atoms with van der Waals surface area (Å²) >= 11 is 1.68. The normalized spacial score (nSPS) is 11.3. The number of hydrogen-bond donors (Lipinski definition) is 0. The van der Waals surface area contributed by atoms with Gasteiger partial charge >= 0.3 is 0 Å². The molecule has 0 aliphatic carbocycles. The first-order chi connectivity index (χ1) is 14.2. The lowest BCUT2D eigenvalue weighted by atomic mass is 10.2. The monoisotopic (exact) mass is 407 g/mol. The predicted molar refractivity (Wildman–Crippen MR) is 116 cm³/mol. The molecule has 0 radical (unpaired) electrons. The number of ether oxygens (including phenoxy) is 1. The van der Waals surface area contributed by atoms with Crippen LogP contribution in [0.5, 0.6) is 5.75 Å². The number of thioether (sulfide) groups is 1. The largest absolute Gasteiger partial charge is 0.497 e. The molecule has 150 valence electrons. The number of fused-ring (bicyclic) bond motifs is 1. The Morgan fingerprint density at radius 3 is 2.62 bits per heavy atom. The molecule has 3 aromatic heterocycles. The van der Waals surface area contributed by atoms with Crippen LogP contribution in [-0.2, 0) is 12.3 Å². The summed E-state index contributed by atoms with van der Waals surface area (Å²) in [6.07, 6.45) is 6.40. The van der Waals surface area contributed by atoms with Crippen molar-refractivity contribution in [2.75, 3.05) is 7.11 Å². The van der Waals surface area contributed by atoms with E-state index < -0.39 is 0 Å². The second-order valence-corrected chi connectivity index (χ2v) is 7.98. The summed E-state index contributed by atoms with van der Waals surface area (Å²) in [6, 6.07) is 12.1. The number of imidazole rings is 1. The number of benzene rings is 1. The van der Waals surface area contributed by atoms with Crippen molar-refractivity contribution in [3.05, 3.63) is 60.0 Å². The summed E-state index contributed by atoms with van der Waals surface area (Å²) in [7, 11) is 1.67. The van der Waals surface area contributed by atoms with E-state index in [0.29, 0.717) is 0 Å². The molecular formula is C22H25N5OS. The smallest absolute Gasteiger partial charge is 0.191 e. The molecule has 0 fully saturated rings. The van der Waals surface area contributed by atoms with E-state index in [1.165, 1.54) is 5.56 Å². The van der Waals surface area contributed by atoms with Gasteiger partial charge in [0.1, 0.15) is 11.4 Å². The molecule has 4 aromatic rings. The SMILES string of the molecule is CCCCn1c(SCc2cn3cc(C)ccc3n2)nnc1-c1ccc(OC)cc1. The van der Waals surface area contributed by atoms with Crippen molar-refractivity contribution in [2.45, 2.75) is 44.1 Å². The van der Waals surface area contributed by atoms with E-state index in [1.807, 2.05) is 24.3 Å². The number of hydrogen-bond acceptors (Lipinski definition) is 5. The van der Waals surface area contributed by atoms with Crippen molar-refractivity contribution in [3.8, 4) is 17.1 Å². The minimum absolute atomic E-state index is 0.758. The van der Waals surface area contributed by atoms with Crippen LogP contribution in [0.25, 0.3) is 17.0 Å². The molecule has 0 spiro atoms. The van der Waals surface area contributed by atoms with Crippen LogP contribution in [0.15, 0.2) is 53.9 Å². The third kappa shape index (κ3) is 4.29. The van der Waals surface area contributed by atoms with Gasteiger partial charge in [-0.15, -0.1) is 10.2 Å². The Balaban J connectivity index is 1.57. The van der Waals surface area contributed by atoms with E-state index in [2.05, 4.69) is 57.5 Å². The zero-order valence-corrected chi connectivity index (χ0v) is 17.8. The Bertz CT molecular complexity index is 1100. The summed E-state index contributed by atoms with van der Waals surface area (Å²) in [5.41, 5.74) is 4.27. The highest BCUT2D eigenvalue weighted by Gasteiger charge is 2.15. The van der Waals surface area contributed by atoms with E-state index in [9.17, 15) is 0 Å². The molecule has 29 heavy (non-hydrogen) atoms. The van der Waals surface area contributed by atoms with E-state index in [4.69, 9.17) is 9.72 Å². The van der Waals surface area contributed by atoms with Gasteiger partial charge < -0.3 is 13.7 Å². The van der Waals surface area contributed by atoms with Crippen molar-refractivity contribution >= 4 is 17.4 Å². The molecule has 4 rings (SSSR count). The van der Waals surface area contributed by atoms with Gasteiger partial charge in [-0.25, -0.2) is 4.98 Å². The van der Waals surface area contributed by atoms with Crippen molar-refractivity contribution in [1.29, 1.82) is 0 Å². The molecule has 0 aliphatic heterocycles. The van der Waals surface area contributed by atoms with Gasteiger partial charge in [0.2, 0.25) is 0 Å². The average Bonchev–Trinajstić information content (AvgIpc) is 3.33. The molecule has 7 heteroatoms. The number of aryl methyl sites for hydroxylation is 1. The van der Waals surface area contributed by atoms with Crippen LogP contribution < -0.4 is 4.74 Å². The van der Waals surface area contributed by atoms with Crippen LogP contribution in [0.1, 0.15) is 31.0 Å². The maximum atomic E-state index is 5.27. The van der Waals surface area contributed by atoms with Crippen LogP contribution in [0.2, 0.25) is 0 Å². The number of nitrogens with zero attached hydrogens (tertiary/aromatic N) is 5. The molecule has 0 atom stereocenters. The van der Waals surface area contributed by atoms with Crippen LogP contribution in [0.3, 0.4) is 0 Å². The molecule has 0 bridgehead atoms. The van der Waals surface area contributed by atoms with Crippen molar-refractivity contribution in [2.24, 2.45) is 0 Å². The van der Waals surface area contributed by atoms with E-state index in [0.717, 1.165) is 58.8 Å². The van der Waals surface area contributed by atoms with Gasteiger partial charge in [0, 0.05) is 30.3 Å². The van der Waals surface area contributed by atoms with Gasteiger partial charge in [-0.1, -0.05) is 31.2 Å². The predicted octanol–water partition coefficient (Wildman–Crippen LogP) is 5.00. The van der Waals surface area contributed by atoms with E-state index in [1.54, 1.807) is 18.9 Å². The lowest BCUT2D eigenvalue weighted by Gasteiger charge is -2.09. The first kappa shape index (κ1) is 19.5. The third-order valence-electron chi connectivity index (χ3n) is 4.80. The molecule has 0 unspecified atom stereocenters. The summed E-state index contributed by atoms with van der Waals surface area (Å²) in [4.78, 5) is 4.72. The van der Waals surface area contributed by atoms with Gasteiger partial charge in [0.05, 0.1) is 12.8 Å². The Morgan fingerprint density at radius 1 is 1.03 bits per heavy atom. The van der Waals surface area contributed by atoms with Crippen molar-refractivity contribution in [1.82, 2.24) is 24.1 Å². The number of aromatic nitrogens is 5. The van der Waals surface area contributed by atoms with Gasteiger partial charge in [0.15, 0.2) is 11.0 Å². The Morgan fingerprint density at radius 2 is 1.86 bits per heavy atom. The third-order valence-corrected chi connectivity index (χ3v) is 5.80. The number of unbranched alkanes of at least 4 members (excludes halogenated alkanes) is 1. The van der Waals surface area contributed by atoms with Gasteiger partial charge in [0.25, 0.3) is 0 Å². The number of methoxy groups -OCH3 is 1. The second-order valence-electron chi connectivity index (χ2n) is 7.03. The first-order valence-corrected chi connectivity index (χ1v) is 10.8. The van der Waals surface area contributed by atoms with Crippen LogP contribution in [0, 0.1) is 6.92 Å². The fourth-order valence-electron chi connectivity index (χ4n) is 3.23. The second kappa shape index (κ2) is 8.69. The highest BCUT2D eigenvalue weighted by atomic mass is 32.2. The topological polar surface area (TPSA) is 57.2 Å². The van der Waals surface area contributed by atoms with Gasteiger partial charge in [-0.3, -0.25) is 0 Å². The summed E-state index contributed by atoms with van der Waals surface area (Å²) in [5.74, 6) is 2.49. The van der Waals surface area contributed by atoms with Crippen molar-refractivity contribution < 1.29 is 4.74 Å². The molecule has 1 aromatic carbocycles. The minimum Gasteiger partial charge on any atom is -0.497 e. The highest BCUT2D eigenvalue weighted by molar-refractivity contribution is 7.98. The van der Waals surface area contributed by atoms with Gasteiger partial charge in [-0.05, 0) is 49.2 Å². The quantitative estimate of drug-likeness (QED) is 0.385. The zero-order valence-electron chi connectivity index (χ0n) is 17.0. The fourth-order valence-corrected chi connectivity index (χ4v) is 4.08. The molecule has 0 amide bonds. The molecule has 3 heterocycles. The lowest BCUT2D eigenvalue weighted by Crippen LogP contribution is -2.02. The summed E-state index contributed by atoms with van der Waals surface area (Å²) in [5, 5.41) is 9.90. The molecule has 0 saturated carbocycles. The molecule has 0 N–H and O–H groups in total. The molecule has 6 nitrogen and oxygen atoms in total. The van der Waals surface area contributed by atoms with Gasteiger partial charge in [-0.2, -0.15) is 0 Å². The molecule has 0 aliphatic rings. The van der Waals surface area contributed by atoms with E-state index >= 15 is 0 Å². The maximum Gasteiger partial charge on any atom is 0.191 e. The number of rotatable bonds is 8. The maximum absolute atomic E-state index is 5.27. The Hall–Kier alpha value is -2.80. The Kier molecular flexibility index (Phi) is 5.85. The Labute approximate surface area is 175 Å². The molecular weight excluding hydrogens is 382 g/mol. The van der Waals surface area contributed by atoms with Crippen LogP contribution in [0.4, 0.5) is 0 Å². The number of pyridine rings is 1. The molecule has 0 saturated heterocycles. The first-order valence-electron chi connectivity index (χ1n) is 9.82. The lowest BCUT2D eigenvalue weighted by molar-refractivity contribution is 0.415. The van der Waals surface area contributed by atoms with Crippen LogP contribution in [-0.4, -0.2) is 31.3 Å². The van der Waals surface area contributed by atoms with Crippen molar-refractivity contribution in [3.63, 3.8) is 0 Å². The highest BCUT2D eigenvalue weighted by Crippen LogP contribution is 2.28. The van der Waals surface area contributed by atoms with E-state index in [-0.39, 0.29) is 0 Å². The van der Waals surface area contributed by atoms with Crippen LogP contribution >= 0.6 is 11.8 Å². The fraction of sp³-hybridized carbons (Fsp3) is 0.318. The minimum atomic E-state index is 0.758. The average molecular weight is 408 g/mol. The standard InChI is InChI=1S/C22H25N5OS/c1-4-5-12-27-21(17-7-9-19(28-3)10-8-17)24-25-22(27)29-15-18-14-26-13-16(2)6-11-20(26)23-18/h6-11,13-14H,4-5,12,15H2,1-3H3.